The Morgan fingerprint density at radius 3 is 2.73 bits per heavy atom. The van der Waals surface area contributed by atoms with Crippen LogP contribution in [0.25, 0.3) is 0 Å². The van der Waals surface area contributed by atoms with Crippen LogP contribution >= 0.6 is 0 Å². The normalized spacial score (nSPS) is 36.8. The van der Waals surface area contributed by atoms with Gasteiger partial charge in [-0.1, -0.05) is 0 Å². The van der Waals surface area contributed by atoms with Crippen LogP contribution in [0.5, 0.6) is 0 Å². The van der Waals surface area contributed by atoms with Crippen molar-refractivity contribution in [1.29, 1.82) is 0 Å². The third-order valence-electron chi connectivity index (χ3n) is 2.36. The Kier molecular flexibility index (Phi) is 5.44. The van der Waals surface area contributed by atoms with Gasteiger partial charge in [-0.15, -0.1) is 0 Å². The minimum Gasteiger partial charge on any atom is -0.388 e. The Labute approximate surface area is 88.8 Å². The summed E-state index contributed by atoms with van der Waals surface area (Å²) in [4.78, 5) is 0. The van der Waals surface area contributed by atoms with Gasteiger partial charge in [-0.05, 0) is 6.92 Å². The highest BCUT2D eigenvalue weighted by molar-refractivity contribution is 4.86. The molecule has 1 aliphatic rings. The molecule has 0 spiro atoms. The van der Waals surface area contributed by atoms with Gasteiger partial charge in [-0.2, -0.15) is 0 Å². The summed E-state index contributed by atoms with van der Waals surface area (Å²) >= 11 is 0. The van der Waals surface area contributed by atoms with Crippen LogP contribution in [0, 0.1) is 0 Å². The largest absolute Gasteiger partial charge is 0.388 e. The summed E-state index contributed by atoms with van der Waals surface area (Å²) in [5.74, 6) is 0. The third kappa shape index (κ3) is 3.67. The molecule has 1 rings (SSSR count). The van der Waals surface area contributed by atoms with Crippen LogP contribution in [-0.2, 0) is 9.47 Å². The predicted molar refractivity (Wildman–Crippen MR) is 52.3 cm³/mol. The summed E-state index contributed by atoms with van der Waals surface area (Å²) in [7, 11) is 0. The number of ether oxygens (including phenoxy) is 2. The fraction of sp³-hybridized carbons (Fsp3) is 1.00. The Hall–Kier alpha value is -0.240. The number of nitrogens with one attached hydrogen (secondary N) is 1. The molecule has 0 aromatic carbocycles. The summed E-state index contributed by atoms with van der Waals surface area (Å²) in [6, 6.07) is -0.371. The second kappa shape index (κ2) is 6.37. The molecule has 0 amide bonds. The van der Waals surface area contributed by atoms with E-state index < -0.39 is 18.5 Å². The molecule has 0 saturated carbocycles. The molecule has 0 aromatic heterocycles. The van der Waals surface area contributed by atoms with Gasteiger partial charge in [-0.3, -0.25) is 0 Å². The minimum absolute atomic E-state index is 0.172. The molecule has 1 heterocycles. The van der Waals surface area contributed by atoms with E-state index in [1.54, 1.807) is 0 Å². The molecule has 4 atom stereocenters. The van der Waals surface area contributed by atoms with Crippen molar-refractivity contribution in [3.05, 3.63) is 0 Å². The van der Waals surface area contributed by atoms with Gasteiger partial charge in [0.2, 0.25) is 0 Å². The van der Waals surface area contributed by atoms with E-state index in [0.29, 0.717) is 19.8 Å². The monoisotopic (exact) mass is 221 g/mol. The molecule has 90 valence electrons. The first-order chi connectivity index (χ1) is 7.16. The van der Waals surface area contributed by atoms with Crippen molar-refractivity contribution in [2.24, 2.45) is 0 Å². The van der Waals surface area contributed by atoms with Crippen molar-refractivity contribution in [3.8, 4) is 0 Å². The minimum atomic E-state index is -1.30. The highest BCUT2D eigenvalue weighted by Gasteiger charge is 2.36. The molecule has 0 unspecified atom stereocenters. The van der Waals surface area contributed by atoms with Gasteiger partial charge in [0, 0.05) is 13.2 Å². The third-order valence-corrected chi connectivity index (χ3v) is 2.36. The molecule has 4 N–H and O–H groups in total. The topological polar surface area (TPSA) is 91.2 Å². The van der Waals surface area contributed by atoms with E-state index >= 15 is 0 Å². The summed E-state index contributed by atoms with van der Waals surface area (Å²) < 4.78 is 9.98. The van der Waals surface area contributed by atoms with E-state index in [9.17, 15) is 10.2 Å². The molecule has 0 aromatic rings. The lowest BCUT2D eigenvalue weighted by Crippen LogP contribution is -2.58. The number of aliphatic hydroxyl groups is 3. The standard InChI is InChI=1S/C9H19NO5/c1-2-14-4-3-10-6-5-15-9(13)8(12)7(6)11/h6-13H,2-5H2,1H3/t6-,7+,8-,9+/m1/s1. The maximum absolute atomic E-state index is 9.57. The summed E-state index contributed by atoms with van der Waals surface area (Å²) in [6.45, 7) is 3.83. The number of rotatable bonds is 5. The van der Waals surface area contributed by atoms with Crippen molar-refractivity contribution in [2.75, 3.05) is 26.4 Å². The van der Waals surface area contributed by atoms with Crippen LogP contribution in [0.4, 0.5) is 0 Å². The lowest BCUT2D eigenvalue weighted by atomic mass is 10.0. The van der Waals surface area contributed by atoms with E-state index in [0.717, 1.165) is 0 Å². The first kappa shape index (κ1) is 12.8. The first-order valence-corrected chi connectivity index (χ1v) is 5.13. The van der Waals surface area contributed by atoms with Crippen LogP contribution < -0.4 is 5.32 Å². The van der Waals surface area contributed by atoms with Crippen molar-refractivity contribution in [1.82, 2.24) is 5.32 Å². The summed E-state index contributed by atoms with van der Waals surface area (Å²) in [5, 5.41) is 31.0. The van der Waals surface area contributed by atoms with Gasteiger partial charge in [-0.25, -0.2) is 0 Å². The Bertz CT molecular complexity index is 180. The van der Waals surface area contributed by atoms with Crippen LogP contribution in [0.1, 0.15) is 6.92 Å². The fourth-order valence-electron chi connectivity index (χ4n) is 1.45. The van der Waals surface area contributed by atoms with Crippen molar-refractivity contribution in [3.63, 3.8) is 0 Å². The zero-order valence-electron chi connectivity index (χ0n) is 8.80. The van der Waals surface area contributed by atoms with Gasteiger partial charge >= 0.3 is 0 Å². The number of hydrogen-bond acceptors (Lipinski definition) is 6. The highest BCUT2D eigenvalue weighted by atomic mass is 16.6. The van der Waals surface area contributed by atoms with E-state index in [1.165, 1.54) is 0 Å². The van der Waals surface area contributed by atoms with Gasteiger partial charge in [0.05, 0.1) is 19.3 Å². The first-order valence-electron chi connectivity index (χ1n) is 5.13. The van der Waals surface area contributed by atoms with Gasteiger partial charge in [0.1, 0.15) is 12.2 Å². The van der Waals surface area contributed by atoms with Crippen molar-refractivity contribution >= 4 is 0 Å². The molecular formula is C9H19NO5. The summed E-state index contributed by atoms with van der Waals surface area (Å²) in [6.07, 6.45) is -3.58. The SMILES string of the molecule is CCOCCN[C@@H]1CO[C@H](O)[C@H](O)[C@H]1O. The van der Waals surface area contributed by atoms with Crippen molar-refractivity contribution < 1.29 is 24.8 Å². The van der Waals surface area contributed by atoms with E-state index in [-0.39, 0.29) is 12.6 Å². The van der Waals surface area contributed by atoms with Crippen LogP contribution in [-0.4, -0.2) is 66.2 Å². The second-order valence-electron chi connectivity index (χ2n) is 3.46. The maximum atomic E-state index is 9.57. The fourth-order valence-corrected chi connectivity index (χ4v) is 1.45. The Morgan fingerprint density at radius 2 is 2.07 bits per heavy atom. The molecule has 0 radical (unpaired) electrons. The molecule has 15 heavy (non-hydrogen) atoms. The second-order valence-corrected chi connectivity index (χ2v) is 3.46. The lowest BCUT2D eigenvalue weighted by Gasteiger charge is -2.35. The number of aliphatic hydroxyl groups excluding tert-OH is 3. The molecule has 0 bridgehead atoms. The lowest BCUT2D eigenvalue weighted by molar-refractivity contribution is -0.229. The molecule has 6 nitrogen and oxygen atoms in total. The zero-order chi connectivity index (χ0) is 11.3. The van der Waals surface area contributed by atoms with Gasteiger partial charge in [0.15, 0.2) is 6.29 Å². The molecule has 1 aliphatic heterocycles. The molecule has 6 heteroatoms. The molecule has 0 aliphatic carbocycles. The van der Waals surface area contributed by atoms with E-state index in [2.05, 4.69) is 5.32 Å². The highest BCUT2D eigenvalue weighted by Crippen LogP contribution is 2.13. The zero-order valence-corrected chi connectivity index (χ0v) is 8.80. The Morgan fingerprint density at radius 1 is 1.33 bits per heavy atom. The smallest absolute Gasteiger partial charge is 0.183 e. The van der Waals surface area contributed by atoms with Gasteiger partial charge < -0.3 is 30.1 Å². The van der Waals surface area contributed by atoms with Crippen molar-refractivity contribution in [2.45, 2.75) is 31.5 Å². The van der Waals surface area contributed by atoms with Gasteiger partial charge in [0.25, 0.3) is 0 Å². The average Bonchev–Trinajstić information content (AvgIpc) is 2.24. The van der Waals surface area contributed by atoms with Crippen LogP contribution in [0.15, 0.2) is 0 Å². The van der Waals surface area contributed by atoms with Crippen LogP contribution in [0.3, 0.4) is 0 Å². The molecular weight excluding hydrogens is 202 g/mol. The summed E-state index contributed by atoms with van der Waals surface area (Å²) in [5.41, 5.74) is 0. The predicted octanol–water partition coefficient (Wildman–Crippen LogP) is -1.95. The maximum Gasteiger partial charge on any atom is 0.183 e. The van der Waals surface area contributed by atoms with E-state index in [4.69, 9.17) is 14.6 Å². The average molecular weight is 221 g/mol. The van der Waals surface area contributed by atoms with E-state index in [1.807, 2.05) is 6.92 Å². The van der Waals surface area contributed by atoms with Crippen LogP contribution in [0.2, 0.25) is 0 Å². The number of hydrogen-bond donors (Lipinski definition) is 4. The molecule has 1 saturated heterocycles. The molecule has 1 fully saturated rings. The quantitative estimate of drug-likeness (QED) is 0.403. The Balaban J connectivity index is 2.23.